The van der Waals surface area contributed by atoms with Crippen molar-refractivity contribution in [2.45, 2.75) is 39.2 Å². The van der Waals surface area contributed by atoms with Gasteiger partial charge in [-0.3, -0.25) is 0 Å². The zero-order valence-electron chi connectivity index (χ0n) is 8.98. The summed E-state index contributed by atoms with van der Waals surface area (Å²) in [5.41, 5.74) is 1.74. The zero-order chi connectivity index (χ0) is 11.1. The summed E-state index contributed by atoms with van der Waals surface area (Å²) in [7, 11) is 0. The molecule has 0 aliphatic heterocycles. The number of unbranched alkanes of at least 4 members (excludes halogenated alkanes) is 2. The molecule has 0 unspecified atom stereocenters. The Morgan fingerprint density at radius 2 is 2.20 bits per heavy atom. The van der Waals surface area contributed by atoms with Gasteiger partial charge < -0.3 is 5.11 Å². The van der Waals surface area contributed by atoms with Gasteiger partial charge >= 0.3 is 0 Å². The van der Waals surface area contributed by atoms with E-state index in [0.29, 0.717) is 6.42 Å². The molecule has 5 heteroatoms. The minimum Gasteiger partial charge on any atom is -0.396 e. The molecule has 0 aliphatic carbocycles. The number of nitrogens with zero attached hydrogens (tertiary/aromatic N) is 4. The zero-order valence-corrected chi connectivity index (χ0v) is 8.98. The van der Waals surface area contributed by atoms with E-state index in [4.69, 9.17) is 10.4 Å². The van der Waals surface area contributed by atoms with Gasteiger partial charge in [0.05, 0.1) is 23.9 Å². The van der Waals surface area contributed by atoms with Gasteiger partial charge in [0, 0.05) is 13.2 Å². The largest absolute Gasteiger partial charge is 0.396 e. The summed E-state index contributed by atoms with van der Waals surface area (Å²) >= 11 is 0. The molecule has 0 spiro atoms. The van der Waals surface area contributed by atoms with Crippen molar-refractivity contribution in [3.63, 3.8) is 0 Å². The van der Waals surface area contributed by atoms with Crippen molar-refractivity contribution in [2.75, 3.05) is 6.61 Å². The molecule has 1 aromatic rings. The monoisotopic (exact) mass is 208 g/mol. The Hall–Kier alpha value is -1.41. The van der Waals surface area contributed by atoms with E-state index < -0.39 is 0 Å². The lowest BCUT2D eigenvalue weighted by Crippen LogP contribution is -2.03. The van der Waals surface area contributed by atoms with E-state index in [-0.39, 0.29) is 6.61 Å². The van der Waals surface area contributed by atoms with Gasteiger partial charge in [0.1, 0.15) is 0 Å². The Labute approximate surface area is 89.3 Å². The summed E-state index contributed by atoms with van der Waals surface area (Å²) in [6.07, 6.45) is 3.13. The van der Waals surface area contributed by atoms with Crippen LogP contribution in [0.25, 0.3) is 0 Å². The molecule has 0 aromatic carbocycles. The van der Waals surface area contributed by atoms with Crippen LogP contribution in [0.2, 0.25) is 0 Å². The number of aromatic nitrogens is 3. The summed E-state index contributed by atoms with van der Waals surface area (Å²) in [5, 5.41) is 25.1. The fourth-order valence-electron chi connectivity index (χ4n) is 1.40. The van der Waals surface area contributed by atoms with Gasteiger partial charge in [-0.1, -0.05) is 5.21 Å². The first-order valence-corrected chi connectivity index (χ1v) is 5.16. The summed E-state index contributed by atoms with van der Waals surface area (Å²) < 4.78 is 1.82. The quantitative estimate of drug-likeness (QED) is 0.702. The third-order valence-electron chi connectivity index (χ3n) is 2.35. The lowest BCUT2D eigenvalue weighted by molar-refractivity contribution is 0.281. The van der Waals surface area contributed by atoms with Crippen LogP contribution in [0.15, 0.2) is 0 Å². The second kappa shape index (κ2) is 6.14. The first kappa shape index (κ1) is 11.7. The topological polar surface area (TPSA) is 74.7 Å². The smallest absolute Gasteiger partial charge is 0.0996 e. The molecule has 0 atom stereocenters. The Morgan fingerprint density at radius 1 is 1.40 bits per heavy atom. The molecule has 0 amide bonds. The normalized spacial score (nSPS) is 10.2. The number of hydrogen-bond donors (Lipinski definition) is 1. The fourth-order valence-corrected chi connectivity index (χ4v) is 1.40. The van der Waals surface area contributed by atoms with Crippen LogP contribution in [0.5, 0.6) is 0 Å². The lowest BCUT2D eigenvalue weighted by Gasteiger charge is -2.02. The van der Waals surface area contributed by atoms with E-state index in [1.54, 1.807) is 0 Å². The molecule has 0 aliphatic rings. The van der Waals surface area contributed by atoms with Gasteiger partial charge in [0.25, 0.3) is 0 Å². The maximum Gasteiger partial charge on any atom is 0.0996 e. The number of rotatable bonds is 6. The Morgan fingerprint density at radius 3 is 2.87 bits per heavy atom. The number of aliphatic hydroxyl groups is 1. The molecular weight excluding hydrogens is 192 g/mol. The summed E-state index contributed by atoms with van der Waals surface area (Å²) in [4.78, 5) is 0. The van der Waals surface area contributed by atoms with E-state index in [1.807, 2.05) is 11.6 Å². The predicted octanol–water partition coefficient (Wildman–Crippen LogP) is 0.815. The third-order valence-corrected chi connectivity index (χ3v) is 2.35. The molecule has 5 nitrogen and oxygen atoms in total. The first-order chi connectivity index (χ1) is 7.29. The minimum atomic E-state index is 0.246. The molecule has 0 fully saturated rings. The summed E-state index contributed by atoms with van der Waals surface area (Å²) in [6.45, 7) is 2.99. The Bertz CT molecular complexity index is 340. The van der Waals surface area contributed by atoms with Gasteiger partial charge in [-0.25, -0.2) is 4.68 Å². The molecule has 1 aromatic heterocycles. The average Bonchev–Trinajstić information content (AvgIpc) is 2.57. The molecule has 15 heavy (non-hydrogen) atoms. The van der Waals surface area contributed by atoms with Crippen LogP contribution in [-0.4, -0.2) is 26.7 Å². The molecule has 0 saturated carbocycles. The van der Waals surface area contributed by atoms with Crippen LogP contribution in [0.3, 0.4) is 0 Å². The number of aliphatic hydroxyl groups excluding tert-OH is 1. The Balaban J connectivity index is 2.44. The maximum atomic E-state index is 8.62. The van der Waals surface area contributed by atoms with Gasteiger partial charge in [0.15, 0.2) is 0 Å². The molecule has 1 rings (SSSR count). The van der Waals surface area contributed by atoms with Crippen molar-refractivity contribution in [1.29, 1.82) is 5.26 Å². The number of nitriles is 1. The molecule has 1 N–H and O–H groups in total. The van der Waals surface area contributed by atoms with Crippen molar-refractivity contribution in [3.8, 4) is 6.07 Å². The van der Waals surface area contributed by atoms with Gasteiger partial charge in [-0.2, -0.15) is 5.26 Å². The summed E-state index contributed by atoms with van der Waals surface area (Å²) in [6, 6.07) is 2.07. The number of aryl methyl sites for hydroxylation is 1. The third kappa shape index (κ3) is 3.33. The molecule has 0 saturated heterocycles. The van der Waals surface area contributed by atoms with E-state index in [1.165, 1.54) is 0 Å². The van der Waals surface area contributed by atoms with Crippen LogP contribution in [0.1, 0.15) is 30.7 Å². The second-order valence-corrected chi connectivity index (χ2v) is 3.46. The highest BCUT2D eigenvalue weighted by Gasteiger charge is 2.06. The van der Waals surface area contributed by atoms with Crippen molar-refractivity contribution >= 4 is 0 Å². The molecule has 0 radical (unpaired) electrons. The number of hydrogen-bond acceptors (Lipinski definition) is 4. The van der Waals surface area contributed by atoms with E-state index in [9.17, 15) is 0 Å². The van der Waals surface area contributed by atoms with Crippen molar-refractivity contribution in [2.24, 2.45) is 0 Å². The molecule has 1 heterocycles. The van der Waals surface area contributed by atoms with Crippen LogP contribution >= 0.6 is 0 Å². The maximum absolute atomic E-state index is 8.62. The Kier molecular flexibility index (Phi) is 4.78. The van der Waals surface area contributed by atoms with Crippen LogP contribution < -0.4 is 0 Å². The van der Waals surface area contributed by atoms with Crippen LogP contribution in [0, 0.1) is 18.3 Å². The molecule has 0 bridgehead atoms. The van der Waals surface area contributed by atoms with E-state index in [0.717, 1.165) is 37.2 Å². The highest BCUT2D eigenvalue weighted by molar-refractivity contribution is 5.11. The van der Waals surface area contributed by atoms with E-state index in [2.05, 4.69) is 16.4 Å². The standard InChI is InChI=1S/C10H16N4O/c1-9-10(5-6-11)12-13-14(9)7-3-2-4-8-15/h15H,2-5,7-8H2,1H3. The van der Waals surface area contributed by atoms with Crippen molar-refractivity contribution in [1.82, 2.24) is 15.0 Å². The second-order valence-electron chi connectivity index (χ2n) is 3.46. The van der Waals surface area contributed by atoms with Crippen molar-refractivity contribution < 1.29 is 5.11 Å². The highest BCUT2D eigenvalue weighted by Crippen LogP contribution is 2.06. The average molecular weight is 208 g/mol. The van der Waals surface area contributed by atoms with Gasteiger partial charge in [-0.15, -0.1) is 5.10 Å². The lowest BCUT2D eigenvalue weighted by atomic mass is 10.2. The van der Waals surface area contributed by atoms with Crippen molar-refractivity contribution in [3.05, 3.63) is 11.4 Å². The van der Waals surface area contributed by atoms with Gasteiger partial charge in [0.2, 0.25) is 0 Å². The van der Waals surface area contributed by atoms with Crippen LogP contribution in [-0.2, 0) is 13.0 Å². The van der Waals surface area contributed by atoms with Crippen LogP contribution in [0.4, 0.5) is 0 Å². The SMILES string of the molecule is Cc1c(CC#N)nnn1CCCCCO. The fraction of sp³-hybridized carbons (Fsp3) is 0.700. The van der Waals surface area contributed by atoms with Gasteiger partial charge in [-0.05, 0) is 26.2 Å². The van der Waals surface area contributed by atoms with E-state index >= 15 is 0 Å². The first-order valence-electron chi connectivity index (χ1n) is 5.16. The minimum absolute atomic E-state index is 0.246. The summed E-state index contributed by atoms with van der Waals surface area (Å²) in [5.74, 6) is 0. The highest BCUT2D eigenvalue weighted by atomic mass is 16.2. The molecule has 82 valence electrons. The predicted molar refractivity (Wildman–Crippen MR) is 55.0 cm³/mol. The molecular formula is C10H16N4O.